The Kier molecular flexibility index (Phi) is 4.24. The largest absolute Gasteiger partial charge is 0.250 e. The van der Waals surface area contributed by atoms with Crippen molar-refractivity contribution in [3.63, 3.8) is 0 Å². The third kappa shape index (κ3) is 2.76. The zero-order valence-electron chi connectivity index (χ0n) is 12.0. The van der Waals surface area contributed by atoms with Crippen LogP contribution in [-0.4, -0.2) is 11.4 Å². The van der Waals surface area contributed by atoms with Crippen LogP contribution in [0.3, 0.4) is 0 Å². The topological polar surface area (TPSA) is 0 Å². The van der Waals surface area contributed by atoms with Gasteiger partial charge in [-0.15, -0.1) is 11.8 Å². The number of thioether (sulfide) groups is 1. The fourth-order valence-corrected chi connectivity index (χ4v) is 4.26. The average Bonchev–Trinajstić information content (AvgIpc) is 3.07. The lowest BCUT2D eigenvalue weighted by atomic mass is 9.93. The van der Waals surface area contributed by atoms with Crippen LogP contribution < -0.4 is 0 Å². The number of rotatable bonds is 5. The van der Waals surface area contributed by atoms with Gasteiger partial charge in [-0.3, -0.25) is 0 Å². The van der Waals surface area contributed by atoms with E-state index in [1.165, 1.54) is 17.8 Å². The molecule has 0 bridgehead atoms. The molecule has 0 saturated heterocycles. The Labute approximate surface area is 122 Å². The Balaban J connectivity index is 2.26. The molecule has 2 unspecified atom stereocenters. The molecule has 1 aliphatic carbocycles. The molecule has 0 aromatic heterocycles. The lowest BCUT2D eigenvalue weighted by Crippen LogP contribution is -2.14. The fourth-order valence-electron chi connectivity index (χ4n) is 2.89. The van der Waals surface area contributed by atoms with E-state index in [1.54, 1.807) is 13.0 Å². The van der Waals surface area contributed by atoms with Crippen molar-refractivity contribution in [2.75, 3.05) is 6.67 Å². The molecule has 110 valence electrons. The van der Waals surface area contributed by atoms with E-state index in [0.717, 1.165) is 4.91 Å². The van der Waals surface area contributed by atoms with E-state index in [2.05, 4.69) is 6.58 Å². The first-order chi connectivity index (χ1) is 9.30. The highest BCUT2D eigenvalue weighted by Gasteiger charge is 2.57. The predicted octanol–water partition coefficient (Wildman–Crippen LogP) is 5.37. The van der Waals surface area contributed by atoms with Gasteiger partial charge in [-0.1, -0.05) is 19.6 Å². The van der Waals surface area contributed by atoms with Crippen molar-refractivity contribution in [2.45, 2.75) is 37.9 Å². The first kappa shape index (κ1) is 15.5. The molecule has 0 heterocycles. The predicted molar refractivity (Wildman–Crippen MR) is 78.7 cm³/mol. The molecule has 2 rings (SSSR count). The standard InChI is InChI=1S/C16H19F3S/c1-9(2)20-16(8-17)7-13(16)11(4)12-5-10(3)6-14(18)15(12)19/h5-6,11,13H,1,7-8H2,2-4H3/t11?,13?,16-/m1/s1. The third-order valence-corrected chi connectivity index (χ3v) is 5.31. The number of aryl methyl sites for hydroxylation is 1. The summed E-state index contributed by atoms with van der Waals surface area (Å²) in [4.78, 5) is 0.855. The molecular formula is C16H19F3S. The lowest BCUT2D eigenvalue weighted by molar-refractivity contribution is 0.440. The molecule has 1 aromatic rings. The molecule has 1 aliphatic rings. The molecule has 0 N–H and O–H groups in total. The summed E-state index contributed by atoms with van der Waals surface area (Å²) in [5.74, 6) is -1.81. The molecule has 3 atom stereocenters. The van der Waals surface area contributed by atoms with Crippen LogP contribution in [0.15, 0.2) is 23.6 Å². The van der Waals surface area contributed by atoms with Crippen molar-refractivity contribution in [1.82, 2.24) is 0 Å². The summed E-state index contributed by atoms with van der Waals surface area (Å²) in [5.41, 5.74) is 1.04. The minimum atomic E-state index is -0.828. The molecule has 0 radical (unpaired) electrons. The maximum absolute atomic E-state index is 13.9. The van der Waals surface area contributed by atoms with E-state index >= 15 is 0 Å². The molecule has 1 aromatic carbocycles. The molecule has 20 heavy (non-hydrogen) atoms. The van der Waals surface area contributed by atoms with Gasteiger partial charge in [-0.25, -0.2) is 13.2 Å². The van der Waals surface area contributed by atoms with Crippen LogP contribution in [0, 0.1) is 24.5 Å². The minimum absolute atomic E-state index is 0.0184. The van der Waals surface area contributed by atoms with Gasteiger partial charge in [0.2, 0.25) is 0 Å². The molecule has 4 heteroatoms. The van der Waals surface area contributed by atoms with Crippen LogP contribution >= 0.6 is 11.8 Å². The van der Waals surface area contributed by atoms with Crippen molar-refractivity contribution < 1.29 is 13.2 Å². The van der Waals surface area contributed by atoms with Crippen molar-refractivity contribution in [1.29, 1.82) is 0 Å². The maximum Gasteiger partial charge on any atom is 0.162 e. The Bertz CT molecular complexity index is 541. The van der Waals surface area contributed by atoms with E-state index in [0.29, 0.717) is 17.5 Å². The minimum Gasteiger partial charge on any atom is -0.250 e. The SMILES string of the molecule is C=C(C)S[C@@]1(CF)CC1C(C)c1cc(C)cc(F)c1F. The number of allylic oxidation sites excluding steroid dienone is 1. The number of alkyl halides is 1. The van der Waals surface area contributed by atoms with Crippen LogP contribution in [0.5, 0.6) is 0 Å². The fraction of sp³-hybridized carbons (Fsp3) is 0.500. The summed E-state index contributed by atoms with van der Waals surface area (Å²) in [6, 6.07) is 2.85. The third-order valence-electron chi connectivity index (χ3n) is 3.98. The van der Waals surface area contributed by atoms with Crippen LogP contribution in [0.2, 0.25) is 0 Å². The van der Waals surface area contributed by atoms with E-state index in [4.69, 9.17) is 0 Å². The van der Waals surface area contributed by atoms with Gasteiger partial charge in [-0.05, 0) is 54.2 Å². The molecule has 0 spiro atoms. The van der Waals surface area contributed by atoms with Gasteiger partial charge in [0.05, 0.1) is 4.75 Å². The van der Waals surface area contributed by atoms with Gasteiger partial charge < -0.3 is 0 Å². The summed E-state index contributed by atoms with van der Waals surface area (Å²) >= 11 is 1.43. The Morgan fingerprint density at radius 1 is 1.50 bits per heavy atom. The smallest absolute Gasteiger partial charge is 0.162 e. The van der Waals surface area contributed by atoms with Gasteiger partial charge >= 0.3 is 0 Å². The second-order valence-electron chi connectivity index (χ2n) is 5.75. The van der Waals surface area contributed by atoms with E-state index in [9.17, 15) is 13.2 Å². The van der Waals surface area contributed by atoms with Crippen LogP contribution in [0.25, 0.3) is 0 Å². The van der Waals surface area contributed by atoms with Crippen molar-refractivity contribution >= 4 is 11.8 Å². The summed E-state index contributed by atoms with van der Waals surface area (Å²) in [5, 5.41) is 0. The van der Waals surface area contributed by atoms with Crippen LogP contribution in [0.4, 0.5) is 13.2 Å². The highest BCUT2D eigenvalue weighted by molar-refractivity contribution is 8.04. The van der Waals surface area contributed by atoms with Gasteiger partial charge in [0, 0.05) is 0 Å². The highest BCUT2D eigenvalue weighted by Crippen LogP contribution is 2.62. The van der Waals surface area contributed by atoms with Crippen LogP contribution in [-0.2, 0) is 0 Å². The lowest BCUT2D eigenvalue weighted by Gasteiger charge is -2.19. The average molecular weight is 300 g/mol. The summed E-state index contributed by atoms with van der Waals surface area (Å²) in [6.07, 6.45) is 0.678. The molecule has 1 saturated carbocycles. The first-order valence-corrected chi connectivity index (χ1v) is 7.48. The Morgan fingerprint density at radius 3 is 2.70 bits per heavy atom. The van der Waals surface area contributed by atoms with Gasteiger partial charge in [0.15, 0.2) is 11.6 Å². The summed E-state index contributed by atoms with van der Waals surface area (Å²) in [7, 11) is 0. The highest BCUT2D eigenvalue weighted by atomic mass is 32.2. The van der Waals surface area contributed by atoms with Crippen LogP contribution in [0.1, 0.15) is 37.3 Å². The maximum atomic E-state index is 13.9. The van der Waals surface area contributed by atoms with Gasteiger partial charge in [-0.2, -0.15) is 0 Å². The summed E-state index contributed by atoms with van der Waals surface area (Å²) < 4.78 is 40.3. The zero-order valence-corrected chi connectivity index (χ0v) is 12.8. The van der Waals surface area contributed by atoms with E-state index in [1.807, 2.05) is 13.8 Å². The van der Waals surface area contributed by atoms with Gasteiger partial charge in [0.1, 0.15) is 6.67 Å². The zero-order chi connectivity index (χ0) is 15.1. The van der Waals surface area contributed by atoms with Crippen molar-refractivity contribution in [2.24, 2.45) is 5.92 Å². The molecule has 0 nitrogen and oxygen atoms in total. The number of halogens is 3. The molecular weight excluding hydrogens is 281 g/mol. The van der Waals surface area contributed by atoms with Crippen molar-refractivity contribution in [3.05, 3.63) is 46.4 Å². The molecule has 0 amide bonds. The summed E-state index contributed by atoms with van der Waals surface area (Å²) in [6.45, 7) is 8.76. The number of hydrogen-bond acceptors (Lipinski definition) is 1. The van der Waals surface area contributed by atoms with Crippen molar-refractivity contribution in [3.8, 4) is 0 Å². The van der Waals surface area contributed by atoms with E-state index < -0.39 is 23.1 Å². The molecule has 1 fully saturated rings. The molecule has 0 aliphatic heterocycles. The Hall–Kier alpha value is -0.900. The second kappa shape index (κ2) is 5.47. The normalized spacial score (nSPS) is 26.4. The van der Waals surface area contributed by atoms with E-state index in [-0.39, 0.29) is 11.8 Å². The number of benzene rings is 1. The first-order valence-electron chi connectivity index (χ1n) is 6.67. The Morgan fingerprint density at radius 2 is 2.15 bits per heavy atom. The quantitative estimate of drug-likeness (QED) is 0.704. The monoisotopic (exact) mass is 300 g/mol. The number of hydrogen-bond donors (Lipinski definition) is 0. The second-order valence-corrected chi connectivity index (χ2v) is 7.47. The van der Waals surface area contributed by atoms with Gasteiger partial charge in [0.25, 0.3) is 0 Å².